The van der Waals surface area contributed by atoms with Gasteiger partial charge in [-0.2, -0.15) is 0 Å². The van der Waals surface area contributed by atoms with E-state index in [4.69, 9.17) is 5.11 Å². The van der Waals surface area contributed by atoms with E-state index >= 15 is 0 Å². The predicted octanol–water partition coefficient (Wildman–Crippen LogP) is 1.10. The van der Waals surface area contributed by atoms with Crippen LogP contribution in [-0.4, -0.2) is 117 Å². The van der Waals surface area contributed by atoms with Gasteiger partial charge in [-0.1, -0.05) is 13.8 Å². The molecule has 1 saturated heterocycles. The number of hydrogen-bond donors (Lipinski definition) is 4. The molecule has 0 aliphatic carbocycles. The van der Waals surface area contributed by atoms with E-state index in [2.05, 4.69) is 0 Å². The van der Waals surface area contributed by atoms with E-state index in [-0.39, 0.29) is 37.3 Å². The molecule has 4 N–H and O–H groups in total. The van der Waals surface area contributed by atoms with Crippen LogP contribution in [0, 0.1) is 0 Å². The van der Waals surface area contributed by atoms with Crippen LogP contribution in [0.25, 0.3) is 0 Å². The van der Waals surface area contributed by atoms with Crippen molar-refractivity contribution in [3.63, 3.8) is 0 Å². The van der Waals surface area contributed by atoms with Gasteiger partial charge in [0.05, 0.1) is 25.3 Å². The Morgan fingerprint density at radius 1 is 0.700 bits per heavy atom. The molecule has 30 heavy (non-hydrogen) atoms. The second-order valence-corrected chi connectivity index (χ2v) is 15.5. The van der Waals surface area contributed by atoms with Gasteiger partial charge in [0.15, 0.2) is 0 Å². The Morgan fingerprint density at radius 2 is 1.00 bits per heavy atom. The Labute approximate surface area is 178 Å². The highest BCUT2D eigenvalue weighted by atomic mass is 31.2. The molecule has 1 fully saturated rings. The van der Waals surface area contributed by atoms with Crippen LogP contribution < -0.4 is 0 Å². The van der Waals surface area contributed by atoms with E-state index < -0.39 is 34.5 Å². The fourth-order valence-corrected chi connectivity index (χ4v) is 6.89. The van der Waals surface area contributed by atoms with Gasteiger partial charge >= 0.3 is 5.97 Å². The molecule has 11 nitrogen and oxygen atoms in total. The molecule has 1 aliphatic heterocycles. The molecule has 0 radical (unpaired) electrons. The molecular weight excluding hydrogens is 455 g/mol. The summed E-state index contributed by atoms with van der Waals surface area (Å²) in [4.78, 5) is 46.3. The first kappa shape index (κ1) is 28.0. The quantitative estimate of drug-likeness (QED) is 0.307. The van der Waals surface area contributed by atoms with Gasteiger partial charge in [-0.05, 0) is 0 Å². The van der Waals surface area contributed by atoms with Gasteiger partial charge in [-0.3, -0.25) is 33.2 Å². The maximum Gasteiger partial charge on any atom is 0.303 e. The van der Waals surface area contributed by atoms with Crippen molar-refractivity contribution in [2.45, 2.75) is 20.3 Å². The van der Waals surface area contributed by atoms with Gasteiger partial charge < -0.3 is 19.8 Å². The van der Waals surface area contributed by atoms with Gasteiger partial charge in [0.2, 0.25) is 22.1 Å². The van der Waals surface area contributed by atoms with E-state index in [0.717, 1.165) is 0 Å². The van der Waals surface area contributed by atoms with E-state index in [1.165, 1.54) is 0 Å². The minimum atomic E-state index is -3.70. The van der Waals surface area contributed by atoms with Crippen molar-refractivity contribution >= 4 is 28.1 Å². The topological polar surface area (TPSA) is 159 Å². The lowest BCUT2D eigenvalue weighted by molar-refractivity contribution is -0.136. The highest BCUT2D eigenvalue weighted by Gasteiger charge is 2.28. The molecule has 0 aromatic rings. The van der Waals surface area contributed by atoms with Gasteiger partial charge in [0.25, 0.3) is 0 Å². The third-order valence-electron chi connectivity index (χ3n) is 5.12. The molecule has 0 spiro atoms. The van der Waals surface area contributed by atoms with Gasteiger partial charge in [-0.25, -0.2) is 0 Å². The normalized spacial score (nSPS) is 24.0. The molecular formula is C16H36N3O8P3. The highest BCUT2D eigenvalue weighted by molar-refractivity contribution is 7.58. The lowest BCUT2D eigenvalue weighted by Gasteiger charge is -2.28. The summed E-state index contributed by atoms with van der Waals surface area (Å²) in [6, 6.07) is 0. The summed E-state index contributed by atoms with van der Waals surface area (Å²) in [7, 11) is -10.3. The molecule has 1 aliphatic rings. The number of carbonyl (C=O) groups is 1. The molecule has 3 unspecified atom stereocenters. The van der Waals surface area contributed by atoms with Gasteiger partial charge in [-0.15, -0.1) is 0 Å². The number of nitrogens with zero attached hydrogens (tertiary/aromatic N) is 3. The Bertz CT molecular complexity index is 669. The van der Waals surface area contributed by atoms with Gasteiger partial charge in [0.1, 0.15) is 0 Å². The number of hydrogen-bond acceptors (Lipinski definition) is 7. The Balaban J connectivity index is 2.93. The smallest absolute Gasteiger partial charge is 0.303 e. The number of rotatable bonds is 11. The number of carboxylic acid groups (broad SMARTS) is 1. The van der Waals surface area contributed by atoms with Crippen molar-refractivity contribution < 1.29 is 38.3 Å². The summed E-state index contributed by atoms with van der Waals surface area (Å²) in [5.74, 6) is -1.14. The molecule has 178 valence electrons. The van der Waals surface area contributed by atoms with E-state index in [1.807, 2.05) is 9.80 Å². The third kappa shape index (κ3) is 11.5. The molecule has 14 heteroatoms. The van der Waals surface area contributed by atoms with Crippen molar-refractivity contribution in [3.8, 4) is 0 Å². The van der Waals surface area contributed by atoms with Crippen LogP contribution in [0.3, 0.4) is 0 Å². The Hall–Kier alpha value is -0.0800. The Kier molecular flexibility index (Phi) is 11.4. The third-order valence-corrected chi connectivity index (χ3v) is 10.5. The minimum absolute atomic E-state index is 0.00839. The van der Waals surface area contributed by atoms with E-state index in [0.29, 0.717) is 39.3 Å². The maximum absolute atomic E-state index is 12.4. The zero-order valence-electron chi connectivity index (χ0n) is 17.8. The number of carboxylic acids is 1. The first-order valence-corrected chi connectivity index (χ1v) is 16.2. The van der Waals surface area contributed by atoms with E-state index in [1.54, 1.807) is 18.7 Å². The largest absolute Gasteiger partial charge is 0.481 e. The lowest BCUT2D eigenvalue weighted by Crippen LogP contribution is -2.37. The average molecular weight is 491 g/mol. The summed E-state index contributed by atoms with van der Waals surface area (Å²) >= 11 is 0. The highest BCUT2D eigenvalue weighted by Crippen LogP contribution is 2.43. The maximum atomic E-state index is 12.4. The zero-order valence-corrected chi connectivity index (χ0v) is 20.5. The SMILES string of the molecule is CCP(=O)(O)CN1CCN(CP(=O)(O)CC)CCN(CP(=O)(O)CCC(=O)O)CC1. The van der Waals surface area contributed by atoms with Crippen molar-refractivity contribution in [2.24, 2.45) is 0 Å². The first-order chi connectivity index (χ1) is 13.8. The van der Waals surface area contributed by atoms with Crippen molar-refractivity contribution in [1.82, 2.24) is 14.7 Å². The van der Waals surface area contributed by atoms with Crippen molar-refractivity contribution in [2.75, 3.05) is 76.6 Å². The summed E-state index contributed by atoms with van der Waals surface area (Å²) in [6.45, 7) is 5.73. The molecule has 0 aromatic heterocycles. The molecule has 0 amide bonds. The van der Waals surface area contributed by atoms with Crippen LogP contribution in [-0.2, 0) is 18.5 Å². The second kappa shape index (κ2) is 12.2. The van der Waals surface area contributed by atoms with Gasteiger partial charge in [0, 0.05) is 57.8 Å². The summed E-state index contributed by atoms with van der Waals surface area (Å²) < 4.78 is 36.9. The van der Waals surface area contributed by atoms with Crippen LogP contribution in [0.15, 0.2) is 0 Å². The first-order valence-electron chi connectivity index (χ1n) is 10.1. The van der Waals surface area contributed by atoms with Crippen LogP contribution in [0.2, 0.25) is 0 Å². The summed E-state index contributed by atoms with van der Waals surface area (Å²) in [6.07, 6.45) is -0.642. The average Bonchev–Trinajstić information content (AvgIpc) is 2.72. The molecule has 3 atom stereocenters. The lowest BCUT2D eigenvalue weighted by atomic mass is 10.5. The van der Waals surface area contributed by atoms with Crippen LogP contribution >= 0.6 is 22.1 Å². The zero-order chi connectivity index (χ0) is 23.0. The molecule has 1 heterocycles. The minimum Gasteiger partial charge on any atom is -0.481 e. The second-order valence-electron chi connectivity index (χ2n) is 7.82. The monoisotopic (exact) mass is 491 g/mol. The summed E-state index contributed by atoms with van der Waals surface area (Å²) in [5, 5.41) is 8.77. The fourth-order valence-electron chi connectivity index (χ4n) is 3.09. The van der Waals surface area contributed by atoms with Crippen molar-refractivity contribution in [3.05, 3.63) is 0 Å². The van der Waals surface area contributed by atoms with E-state index in [9.17, 15) is 33.2 Å². The fraction of sp³-hybridized carbons (Fsp3) is 0.938. The Morgan fingerprint density at radius 3 is 1.27 bits per heavy atom. The van der Waals surface area contributed by atoms with Crippen LogP contribution in [0.4, 0.5) is 0 Å². The van der Waals surface area contributed by atoms with Crippen LogP contribution in [0.5, 0.6) is 0 Å². The molecule has 1 rings (SSSR count). The molecule has 0 aromatic carbocycles. The molecule has 0 bridgehead atoms. The standard InChI is InChI=1S/C16H36N3O8P3/c1-3-28(22,23)13-17-6-7-18(14-29(24,25)4-2)9-11-19(10-8-17)15-30(26,27)12-5-16(20)21/h3-15H2,1-2H3,(H,20,21)(H,22,23)(H,24,25)(H,26,27). The summed E-state index contributed by atoms with van der Waals surface area (Å²) in [5.41, 5.74) is 0. The molecule has 0 saturated carbocycles. The predicted molar refractivity (Wildman–Crippen MR) is 117 cm³/mol. The van der Waals surface area contributed by atoms with Crippen molar-refractivity contribution in [1.29, 1.82) is 0 Å². The number of aliphatic carboxylic acids is 1. The van der Waals surface area contributed by atoms with Crippen LogP contribution in [0.1, 0.15) is 20.3 Å².